The Bertz CT molecular complexity index is 364. The number of hydrogen-bond donors (Lipinski definition) is 1. The number of benzene rings is 1. The summed E-state index contributed by atoms with van der Waals surface area (Å²) in [6.45, 7) is 2.04. The van der Waals surface area contributed by atoms with Crippen LogP contribution in [0.25, 0.3) is 0 Å². The molecule has 0 saturated carbocycles. The summed E-state index contributed by atoms with van der Waals surface area (Å²) in [5, 5.41) is 1.13. The number of hydrogen-bond acceptors (Lipinski definition) is 2. The summed E-state index contributed by atoms with van der Waals surface area (Å²) in [5.41, 5.74) is 2.38. The molecule has 82 valence electrons. The normalized spacial score (nSPS) is 10.1. The van der Waals surface area contributed by atoms with Gasteiger partial charge in [-0.1, -0.05) is 22.0 Å². The first kappa shape index (κ1) is 12.2. The zero-order valence-corrected chi connectivity index (χ0v) is 10.5. The quantitative estimate of drug-likeness (QED) is 0.519. The van der Waals surface area contributed by atoms with Crippen LogP contribution in [0.15, 0.2) is 22.7 Å². The number of amides is 1. The first-order valence-corrected chi connectivity index (χ1v) is 5.56. The molecule has 15 heavy (non-hydrogen) atoms. The van der Waals surface area contributed by atoms with Gasteiger partial charge in [0.15, 0.2) is 0 Å². The third kappa shape index (κ3) is 3.64. The summed E-state index contributed by atoms with van der Waals surface area (Å²) < 4.78 is 1.04. The molecule has 1 aromatic carbocycles. The lowest BCUT2D eigenvalue weighted by Gasteiger charge is -2.10. The molecule has 2 N–H and O–H groups in total. The molecular weight excluding hydrogens is 256 g/mol. The number of hydrazine groups is 1. The average Bonchev–Trinajstić information content (AvgIpc) is 2.18. The summed E-state index contributed by atoms with van der Waals surface area (Å²) in [7, 11) is 1.57. The van der Waals surface area contributed by atoms with Crippen LogP contribution < -0.4 is 5.84 Å². The van der Waals surface area contributed by atoms with Crippen molar-refractivity contribution < 1.29 is 4.79 Å². The molecule has 0 unspecified atom stereocenters. The molecule has 0 bridgehead atoms. The zero-order valence-electron chi connectivity index (χ0n) is 8.96. The van der Waals surface area contributed by atoms with Gasteiger partial charge in [0.2, 0.25) is 5.91 Å². The first-order chi connectivity index (χ1) is 7.00. The lowest BCUT2D eigenvalue weighted by Crippen LogP contribution is -2.33. The lowest BCUT2D eigenvalue weighted by atomic mass is 10.0. The Balaban J connectivity index is 2.65. The molecule has 3 nitrogen and oxygen atoms in total. The van der Waals surface area contributed by atoms with Crippen molar-refractivity contribution in [1.82, 2.24) is 5.01 Å². The second kappa shape index (κ2) is 5.28. The van der Waals surface area contributed by atoms with Gasteiger partial charge in [0, 0.05) is 17.9 Å². The Kier molecular flexibility index (Phi) is 4.29. The fourth-order valence-electron chi connectivity index (χ4n) is 1.33. The Morgan fingerprint density at radius 2 is 2.20 bits per heavy atom. The maximum absolute atomic E-state index is 11.3. The van der Waals surface area contributed by atoms with Crippen LogP contribution in [-0.2, 0) is 11.2 Å². The second-order valence-corrected chi connectivity index (χ2v) is 4.49. The van der Waals surface area contributed by atoms with E-state index in [9.17, 15) is 4.79 Å². The molecule has 0 aliphatic heterocycles. The fraction of sp³-hybridized carbons (Fsp3) is 0.364. The van der Waals surface area contributed by atoms with Crippen LogP contribution in [0.3, 0.4) is 0 Å². The minimum atomic E-state index is -0.0469. The monoisotopic (exact) mass is 270 g/mol. The lowest BCUT2D eigenvalue weighted by molar-refractivity contribution is -0.130. The van der Waals surface area contributed by atoms with Gasteiger partial charge in [-0.25, -0.2) is 5.84 Å². The largest absolute Gasteiger partial charge is 0.284 e. The smallest absolute Gasteiger partial charge is 0.236 e. The maximum Gasteiger partial charge on any atom is 0.236 e. The number of rotatable bonds is 3. The molecule has 0 spiro atoms. The van der Waals surface area contributed by atoms with Gasteiger partial charge in [0.25, 0.3) is 0 Å². The van der Waals surface area contributed by atoms with Gasteiger partial charge in [-0.3, -0.25) is 9.80 Å². The predicted octanol–water partition coefficient (Wildman–Crippen LogP) is 2.02. The minimum absolute atomic E-state index is 0.0469. The standard InChI is InChI=1S/C11H15BrN2O/c1-8-3-5-10(12)7-9(8)4-6-11(15)14(2)13/h3,5,7H,4,6,13H2,1-2H3. The van der Waals surface area contributed by atoms with E-state index >= 15 is 0 Å². The molecule has 4 heteroatoms. The number of nitrogens with two attached hydrogens (primary N) is 1. The Morgan fingerprint density at radius 1 is 1.53 bits per heavy atom. The Hall–Kier alpha value is -0.870. The predicted molar refractivity (Wildman–Crippen MR) is 64.2 cm³/mol. The Morgan fingerprint density at radius 3 is 2.80 bits per heavy atom. The average molecular weight is 271 g/mol. The van der Waals surface area contributed by atoms with Crippen LogP contribution in [0.5, 0.6) is 0 Å². The summed E-state index contributed by atoms with van der Waals surface area (Å²) in [4.78, 5) is 11.3. The molecule has 0 aromatic heterocycles. The first-order valence-electron chi connectivity index (χ1n) is 4.77. The maximum atomic E-state index is 11.3. The van der Waals surface area contributed by atoms with Crippen molar-refractivity contribution in [3.8, 4) is 0 Å². The molecule has 1 aromatic rings. The molecule has 0 radical (unpaired) electrons. The van der Waals surface area contributed by atoms with Gasteiger partial charge in [-0.15, -0.1) is 0 Å². The van der Waals surface area contributed by atoms with Crippen molar-refractivity contribution in [3.63, 3.8) is 0 Å². The molecule has 0 atom stereocenters. The molecule has 0 aliphatic rings. The van der Waals surface area contributed by atoms with E-state index < -0.39 is 0 Å². The van der Waals surface area contributed by atoms with Crippen LogP contribution in [0.1, 0.15) is 17.5 Å². The molecular formula is C11H15BrN2O. The number of carbonyl (C=O) groups excluding carboxylic acids is 1. The van der Waals surface area contributed by atoms with E-state index in [-0.39, 0.29) is 5.91 Å². The summed E-state index contributed by atoms with van der Waals surface area (Å²) in [6.07, 6.45) is 1.18. The van der Waals surface area contributed by atoms with Crippen molar-refractivity contribution in [1.29, 1.82) is 0 Å². The van der Waals surface area contributed by atoms with Gasteiger partial charge in [0.1, 0.15) is 0 Å². The van der Waals surface area contributed by atoms with Gasteiger partial charge >= 0.3 is 0 Å². The Labute approximate surface area is 98.4 Å². The van der Waals surface area contributed by atoms with Crippen molar-refractivity contribution in [3.05, 3.63) is 33.8 Å². The highest BCUT2D eigenvalue weighted by Crippen LogP contribution is 2.17. The highest BCUT2D eigenvalue weighted by atomic mass is 79.9. The summed E-state index contributed by atoms with van der Waals surface area (Å²) >= 11 is 3.41. The highest BCUT2D eigenvalue weighted by molar-refractivity contribution is 9.10. The van der Waals surface area contributed by atoms with Crippen LogP contribution in [-0.4, -0.2) is 18.0 Å². The van der Waals surface area contributed by atoms with Crippen LogP contribution in [0.4, 0.5) is 0 Å². The third-order valence-electron chi connectivity index (χ3n) is 2.31. The summed E-state index contributed by atoms with van der Waals surface area (Å²) in [6, 6.07) is 6.07. The van der Waals surface area contributed by atoms with Gasteiger partial charge in [-0.2, -0.15) is 0 Å². The number of aryl methyl sites for hydroxylation is 2. The zero-order chi connectivity index (χ0) is 11.4. The third-order valence-corrected chi connectivity index (χ3v) is 2.81. The van der Waals surface area contributed by atoms with E-state index in [1.54, 1.807) is 7.05 Å². The van der Waals surface area contributed by atoms with E-state index in [1.165, 1.54) is 11.1 Å². The molecule has 0 aliphatic carbocycles. The van der Waals surface area contributed by atoms with Crippen molar-refractivity contribution in [2.45, 2.75) is 19.8 Å². The fourth-order valence-corrected chi connectivity index (χ4v) is 1.74. The van der Waals surface area contributed by atoms with Gasteiger partial charge < -0.3 is 0 Å². The number of carbonyl (C=O) groups is 1. The van der Waals surface area contributed by atoms with Crippen LogP contribution in [0, 0.1) is 6.92 Å². The minimum Gasteiger partial charge on any atom is -0.284 e. The van der Waals surface area contributed by atoms with E-state index in [0.29, 0.717) is 6.42 Å². The number of halogens is 1. The van der Waals surface area contributed by atoms with E-state index in [1.807, 2.05) is 25.1 Å². The number of nitrogens with zero attached hydrogens (tertiary/aromatic N) is 1. The van der Waals surface area contributed by atoms with Crippen molar-refractivity contribution in [2.24, 2.45) is 5.84 Å². The SMILES string of the molecule is Cc1ccc(Br)cc1CCC(=O)N(C)N. The van der Waals surface area contributed by atoms with E-state index in [4.69, 9.17) is 5.84 Å². The second-order valence-electron chi connectivity index (χ2n) is 3.58. The van der Waals surface area contributed by atoms with Crippen LogP contribution in [0.2, 0.25) is 0 Å². The molecule has 0 saturated heterocycles. The van der Waals surface area contributed by atoms with Crippen molar-refractivity contribution >= 4 is 21.8 Å². The van der Waals surface area contributed by atoms with Gasteiger partial charge in [0.05, 0.1) is 0 Å². The molecule has 1 rings (SSSR count). The molecule has 0 fully saturated rings. The van der Waals surface area contributed by atoms with E-state index in [2.05, 4.69) is 15.9 Å². The van der Waals surface area contributed by atoms with Crippen molar-refractivity contribution in [2.75, 3.05) is 7.05 Å². The molecule has 0 heterocycles. The summed E-state index contributed by atoms with van der Waals surface area (Å²) in [5.74, 6) is 5.30. The topological polar surface area (TPSA) is 46.3 Å². The molecule has 1 amide bonds. The van der Waals surface area contributed by atoms with Crippen LogP contribution >= 0.6 is 15.9 Å². The highest BCUT2D eigenvalue weighted by Gasteiger charge is 2.06. The van der Waals surface area contributed by atoms with E-state index in [0.717, 1.165) is 15.9 Å². The van der Waals surface area contributed by atoms with Gasteiger partial charge in [-0.05, 0) is 36.6 Å².